The fourth-order valence-electron chi connectivity index (χ4n) is 1.86. The Bertz CT molecular complexity index is 344. The van der Waals surface area contributed by atoms with Crippen LogP contribution in [0.1, 0.15) is 30.9 Å². The Balaban J connectivity index is 1.89. The van der Waals surface area contributed by atoms with Gasteiger partial charge in [-0.25, -0.2) is 4.39 Å². The van der Waals surface area contributed by atoms with Crippen LogP contribution in [0.4, 0.5) is 4.39 Å². The summed E-state index contributed by atoms with van der Waals surface area (Å²) in [5.41, 5.74) is 1.90. The van der Waals surface area contributed by atoms with Crippen LogP contribution in [-0.2, 0) is 6.54 Å². The van der Waals surface area contributed by atoms with Gasteiger partial charge < -0.3 is 5.32 Å². The van der Waals surface area contributed by atoms with E-state index >= 15 is 0 Å². The fraction of sp³-hybridized carbons (Fsp3) is 0.538. The topological polar surface area (TPSA) is 12.0 Å². The summed E-state index contributed by atoms with van der Waals surface area (Å²) in [6, 6.07) is 5.92. The summed E-state index contributed by atoms with van der Waals surface area (Å²) in [6.45, 7) is 4.88. The van der Waals surface area contributed by atoms with Gasteiger partial charge in [-0.2, -0.15) is 0 Å². The molecular formula is C13H18FN. The molecule has 0 amide bonds. The van der Waals surface area contributed by atoms with Gasteiger partial charge in [0.15, 0.2) is 0 Å². The van der Waals surface area contributed by atoms with Crippen molar-refractivity contribution in [3.8, 4) is 0 Å². The van der Waals surface area contributed by atoms with Gasteiger partial charge in [0.25, 0.3) is 0 Å². The van der Waals surface area contributed by atoms with E-state index in [0.29, 0.717) is 6.04 Å². The quantitative estimate of drug-likeness (QED) is 0.800. The number of hydrogen-bond acceptors (Lipinski definition) is 1. The lowest BCUT2D eigenvalue weighted by atomic mass is 10.1. The number of nitrogens with one attached hydrogen (secondary N) is 1. The summed E-state index contributed by atoms with van der Waals surface area (Å²) in [4.78, 5) is 0. The monoisotopic (exact) mass is 207 g/mol. The van der Waals surface area contributed by atoms with Gasteiger partial charge in [0.05, 0.1) is 0 Å². The summed E-state index contributed by atoms with van der Waals surface area (Å²) in [7, 11) is 0. The molecule has 1 aromatic carbocycles. The van der Waals surface area contributed by atoms with Crippen molar-refractivity contribution in [2.24, 2.45) is 5.92 Å². The summed E-state index contributed by atoms with van der Waals surface area (Å²) < 4.78 is 13.0. The van der Waals surface area contributed by atoms with Crippen molar-refractivity contribution in [3.05, 3.63) is 35.1 Å². The Labute approximate surface area is 90.7 Å². The van der Waals surface area contributed by atoms with E-state index in [2.05, 4.69) is 12.2 Å². The zero-order valence-corrected chi connectivity index (χ0v) is 9.39. The first-order chi connectivity index (χ1) is 7.16. The molecule has 1 atom stereocenters. The van der Waals surface area contributed by atoms with Gasteiger partial charge in [0.1, 0.15) is 5.82 Å². The van der Waals surface area contributed by atoms with Crippen LogP contribution in [0.25, 0.3) is 0 Å². The van der Waals surface area contributed by atoms with Crippen LogP contribution in [0.2, 0.25) is 0 Å². The molecule has 0 bridgehead atoms. The van der Waals surface area contributed by atoms with E-state index in [-0.39, 0.29) is 5.82 Å². The Morgan fingerprint density at radius 3 is 2.80 bits per heavy atom. The average molecular weight is 207 g/mol. The zero-order valence-electron chi connectivity index (χ0n) is 9.39. The Hall–Kier alpha value is -0.890. The SMILES string of the molecule is Cc1cc(CNC(C)C2CC2)ccc1F. The van der Waals surface area contributed by atoms with E-state index in [9.17, 15) is 4.39 Å². The minimum atomic E-state index is -0.117. The average Bonchev–Trinajstić information content (AvgIpc) is 3.03. The Morgan fingerprint density at radius 2 is 2.20 bits per heavy atom. The smallest absolute Gasteiger partial charge is 0.126 e. The van der Waals surface area contributed by atoms with Crippen LogP contribution in [0.3, 0.4) is 0 Å². The zero-order chi connectivity index (χ0) is 10.8. The molecule has 1 unspecified atom stereocenters. The van der Waals surface area contributed by atoms with Gasteiger partial charge in [0, 0.05) is 12.6 Å². The fourth-order valence-corrected chi connectivity index (χ4v) is 1.86. The molecule has 0 saturated heterocycles. The highest BCUT2D eigenvalue weighted by Crippen LogP contribution is 2.32. The third kappa shape index (κ3) is 2.78. The molecule has 0 aromatic heterocycles. The van der Waals surface area contributed by atoms with Crippen molar-refractivity contribution in [1.82, 2.24) is 5.32 Å². The predicted octanol–water partition coefficient (Wildman–Crippen LogP) is 3.02. The second-order valence-electron chi connectivity index (χ2n) is 4.59. The van der Waals surface area contributed by atoms with Gasteiger partial charge in [0.2, 0.25) is 0 Å². The van der Waals surface area contributed by atoms with E-state index < -0.39 is 0 Å². The lowest BCUT2D eigenvalue weighted by Gasteiger charge is -2.12. The van der Waals surface area contributed by atoms with E-state index in [4.69, 9.17) is 0 Å². The van der Waals surface area contributed by atoms with Crippen molar-refractivity contribution in [2.75, 3.05) is 0 Å². The second-order valence-corrected chi connectivity index (χ2v) is 4.59. The molecule has 2 heteroatoms. The van der Waals surface area contributed by atoms with Gasteiger partial charge in [-0.15, -0.1) is 0 Å². The highest BCUT2D eigenvalue weighted by Gasteiger charge is 2.27. The number of halogens is 1. The molecule has 0 radical (unpaired) electrons. The molecule has 15 heavy (non-hydrogen) atoms. The van der Waals surface area contributed by atoms with Crippen LogP contribution in [0.15, 0.2) is 18.2 Å². The van der Waals surface area contributed by atoms with Crippen LogP contribution in [0.5, 0.6) is 0 Å². The second kappa shape index (κ2) is 4.31. The van der Waals surface area contributed by atoms with Crippen LogP contribution in [0, 0.1) is 18.7 Å². The molecule has 82 valence electrons. The molecule has 1 aromatic rings. The van der Waals surface area contributed by atoms with E-state index in [1.54, 1.807) is 6.07 Å². The lowest BCUT2D eigenvalue weighted by molar-refractivity contribution is 0.495. The van der Waals surface area contributed by atoms with Crippen molar-refractivity contribution in [1.29, 1.82) is 0 Å². The maximum atomic E-state index is 13.0. The predicted molar refractivity (Wildman–Crippen MR) is 60.2 cm³/mol. The first kappa shape index (κ1) is 10.6. The van der Waals surface area contributed by atoms with Crippen molar-refractivity contribution >= 4 is 0 Å². The summed E-state index contributed by atoms with van der Waals surface area (Å²) in [5, 5.41) is 3.49. The standard InChI is InChI=1S/C13H18FN/c1-9-7-11(3-6-13(9)14)8-15-10(2)12-4-5-12/h3,6-7,10,12,15H,4-5,8H2,1-2H3. The molecule has 1 aliphatic carbocycles. The number of hydrogen-bond donors (Lipinski definition) is 1. The summed E-state index contributed by atoms with van der Waals surface area (Å²) in [5.74, 6) is 0.750. The lowest BCUT2D eigenvalue weighted by Crippen LogP contribution is -2.27. The Morgan fingerprint density at radius 1 is 1.47 bits per heavy atom. The minimum Gasteiger partial charge on any atom is -0.310 e. The largest absolute Gasteiger partial charge is 0.310 e. The van der Waals surface area contributed by atoms with Gasteiger partial charge >= 0.3 is 0 Å². The van der Waals surface area contributed by atoms with Gasteiger partial charge in [-0.05, 0) is 49.8 Å². The van der Waals surface area contributed by atoms with Crippen molar-refractivity contribution in [2.45, 2.75) is 39.3 Å². The molecule has 1 fully saturated rings. The maximum absolute atomic E-state index is 13.0. The number of aryl methyl sites for hydroxylation is 1. The van der Waals surface area contributed by atoms with Crippen molar-refractivity contribution < 1.29 is 4.39 Å². The maximum Gasteiger partial charge on any atom is 0.126 e. The molecule has 0 heterocycles. The first-order valence-electron chi connectivity index (χ1n) is 5.65. The number of benzene rings is 1. The first-order valence-corrected chi connectivity index (χ1v) is 5.65. The molecule has 1 saturated carbocycles. The van der Waals surface area contributed by atoms with Crippen LogP contribution in [-0.4, -0.2) is 6.04 Å². The van der Waals surface area contributed by atoms with E-state index in [1.807, 2.05) is 19.1 Å². The summed E-state index contributed by atoms with van der Waals surface area (Å²) >= 11 is 0. The third-order valence-electron chi connectivity index (χ3n) is 3.18. The highest BCUT2D eigenvalue weighted by atomic mass is 19.1. The molecule has 2 rings (SSSR count). The molecule has 1 nitrogen and oxygen atoms in total. The summed E-state index contributed by atoms with van der Waals surface area (Å²) in [6.07, 6.45) is 2.72. The molecule has 0 spiro atoms. The molecule has 1 N–H and O–H groups in total. The van der Waals surface area contributed by atoms with E-state index in [1.165, 1.54) is 18.4 Å². The minimum absolute atomic E-state index is 0.117. The van der Waals surface area contributed by atoms with Crippen molar-refractivity contribution in [3.63, 3.8) is 0 Å². The molecule has 0 aliphatic heterocycles. The third-order valence-corrected chi connectivity index (χ3v) is 3.18. The molecule has 1 aliphatic rings. The number of rotatable bonds is 4. The highest BCUT2D eigenvalue weighted by molar-refractivity contribution is 5.23. The van der Waals surface area contributed by atoms with E-state index in [0.717, 1.165) is 18.0 Å². The van der Waals surface area contributed by atoms with Crippen LogP contribution < -0.4 is 5.32 Å². The van der Waals surface area contributed by atoms with Crippen LogP contribution >= 0.6 is 0 Å². The molecular weight excluding hydrogens is 189 g/mol. The van der Waals surface area contributed by atoms with Gasteiger partial charge in [-0.1, -0.05) is 12.1 Å². The normalized spacial score (nSPS) is 17.8. The van der Waals surface area contributed by atoms with Gasteiger partial charge in [-0.3, -0.25) is 0 Å². The Kier molecular flexibility index (Phi) is 3.06.